The van der Waals surface area contributed by atoms with Crippen LogP contribution in [0.4, 0.5) is 5.69 Å². The van der Waals surface area contributed by atoms with E-state index in [1.165, 1.54) is 9.91 Å². The second-order valence-electron chi connectivity index (χ2n) is 8.30. The number of hydrogen-bond donors (Lipinski definition) is 1. The number of amides is 2. The topological polar surface area (TPSA) is 91.3 Å². The smallest absolute Gasteiger partial charge is 0.262 e. The quantitative estimate of drug-likeness (QED) is 0.461. The maximum Gasteiger partial charge on any atom is 0.262 e. The highest BCUT2D eigenvalue weighted by atomic mass is 16.3. The van der Waals surface area contributed by atoms with Gasteiger partial charge in [-0.15, -0.1) is 0 Å². The summed E-state index contributed by atoms with van der Waals surface area (Å²) in [6, 6.07) is 20.0. The molecule has 34 heavy (non-hydrogen) atoms. The molecular weight excluding hydrogens is 432 g/mol. The van der Waals surface area contributed by atoms with Crippen molar-refractivity contribution in [3.63, 3.8) is 0 Å². The zero-order chi connectivity index (χ0) is 23.7. The van der Waals surface area contributed by atoms with Gasteiger partial charge in [0.2, 0.25) is 0 Å². The fourth-order valence-corrected chi connectivity index (χ4v) is 3.96. The molecule has 0 saturated carbocycles. The first-order chi connectivity index (χ1) is 16.5. The first-order valence-electron chi connectivity index (χ1n) is 11.0. The van der Waals surface area contributed by atoms with E-state index in [4.69, 9.17) is 8.83 Å². The average Bonchev–Trinajstić information content (AvgIpc) is 3.60. The maximum atomic E-state index is 13.2. The number of anilines is 1. The zero-order valence-electron chi connectivity index (χ0n) is 18.9. The van der Waals surface area contributed by atoms with Crippen molar-refractivity contribution in [2.75, 3.05) is 26.0 Å². The minimum absolute atomic E-state index is 0.0368. The SMILES string of the molecule is CN(C)C(=O)c1ccc(NCC(=O)N2N=C(c3cc4ccccc4o3)C[C@H]2c2ccco2)cc1. The van der Waals surface area contributed by atoms with Gasteiger partial charge in [-0.1, -0.05) is 18.2 Å². The second-order valence-corrected chi connectivity index (χ2v) is 8.30. The standard InChI is InChI=1S/C26H24N4O4/c1-29(2)26(32)17-9-11-19(12-10-17)27-16-25(31)30-21(23-8-5-13-33-23)15-20(28-30)24-14-18-6-3-4-7-22(18)34-24/h3-14,21,27H,15-16H2,1-2H3/t21-/m0/s1. The summed E-state index contributed by atoms with van der Waals surface area (Å²) in [4.78, 5) is 26.7. The number of nitrogens with one attached hydrogen (secondary N) is 1. The third-order valence-corrected chi connectivity index (χ3v) is 5.73. The van der Waals surface area contributed by atoms with Crippen molar-refractivity contribution in [3.8, 4) is 0 Å². The van der Waals surface area contributed by atoms with Gasteiger partial charge in [0.05, 0.1) is 12.8 Å². The van der Waals surface area contributed by atoms with Crippen LogP contribution in [-0.4, -0.2) is 48.1 Å². The van der Waals surface area contributed by atoms with E-state index in [1.54, 1.807) is 50.7 Å². The summed E-state index contributed by atoms with van der Waals surface area (Å²) < 4.78 is 11.6. The van der Waals surface area contributed by atoms with Crippen molar-refractivity contribution in [2.24, 2.45) is 5.10 Å². The van der Waals surface area contributed by atoms with Crippen molar-refractivity contribution in [2.45, 2.75) is 12.5 Å². The summed E-state index contributed by atoms with van der Waals surface area (Å²) in [6.07, 6.45) is 2.08. The maximum absolute atomic E-state index is 13.2. The molecule has 2 aromatic heterocycles. The molecular formula is C26H24N4O4. The molecule has 0 bridgehead atoms. The molecule has 1 aliphatic rings. The Morgan fingerprint density at radius 1 is 1.09 bits per heavy atom. The fourth-order valence-electron chi connectivity index (χ4n) is 3.96. The van der Waals surface area contributed by atoms with Crippen molar-refractivity contribution in [1.82, 2.24) is 9.91 Å². The number of carbonyl (C=O) groups excluding carboxylic acids is 2. The highest BCUT2D eigenvalue weighted by molar-refractivity contribution is 6.03. The van der Waals surface area contributed by atoms with E-state index in [-0.39, 0.29) is 24.4 Å². The Morgan fingerprint density at radius 3 is 2.59 bits per heavy atom. The van der Waals surface area contributed by atoms with E-state index in [0.717, 1.165) is 16.7 Å². The lowest BCUT2D eigenvalue weighted by molar-refractivity contribution is -0.131. The summed E-state index contributed by atoms with van der Waals surface area (Å²) >= 11 is 0. The van der Waals surface area contributed by atoms with Crippen LogP contribution in [0.5, 0.6) is 0 Å². The minimum atomic E-state index is -0.354. The van der Waals surface area contributed by atoms with Crippen LogP contribution in [0.2, 0.25) is 0 Å². The molecule has 2 aromatic carbocycles. The number of para-hydroxylation sites is 1. The Bertz CT molecular complexity index is 1320. The molecule has 2 amide bonds. The Kier molecular flexibility index (Phi) is 5.63. The van der Waals surface area contributed by atoms with Crippen LogP contribution >= 0.6 is 0 Å². The molecule has 1 atom stereocenters. The van der Waals surface area contributed by atoms with Gasteiger partial charge in [0, 0.05) is 37.2 Å². The van der Waals surface area contributed by atoms with E-state index in [0.29, 0.717) is 29.2 Å². The number of hydrogen-bond acceptors (Lipinski definition) is 6. The molecule has 4 aromatic rings. The van der Waals surface area contributed by atoms with Crippen LogP contribution in [0.3, 0.4) is 0 Å². The number of fused-ring (bicyclic) bond motifs is 1. The van der Waals surface area contributed by atoms with Crippen LogP contribution in [0, 0.1) is 0 Å². The van der Waals surface area contributed by atoms with E-state index in [9.17, 15) is 9.59 Å². The van der Waals surface area contributed by atoms with Crippen molar-refractivity contribution >= 4 is 34.2 Å². The van der Waals surface area contributed by atoms with Gasteiger partial charge in [0.25, 0.3) is 11.8 Å². The third kappa shape index (κ3) is 4.17. The van der Waals surface area contributed by atoms with E-state index in [2.05, 4.69) is 10.4 Å². The third-order valence-electron chi connectivity index (χ3n) is 5.73. The summed E-state index contributed by atoms with van der Waals surface area (Å²) in [5.74, 6) is 1.02. The van der Waals surface area contributed by atoms with Gasteiger partial charge in [-0.25, -0.2) is 5.01 Å². The Balaban J connectivity index is 1.34. The molecule has 0 aliphatic carbocycles. The summed E-state index contributed by atoms with van der Waals surface area (Å²) in [6.45, 7) is 0.0368. The summed E-state index contributed by atoms with van der Waals surface area (Å²) in [5.41, 5.74) is 2.79. The van der Waals surface area contributed by atoms with Gasteiger partial charge in [0.1, 0.15) is 23.1 Å². The van der Waals surface area contributed by atoms with Gasteiger partial charge >= 0.3 is 0 Å². The van der Waals surface area contributed by atoms with Gasteiger partial charge < -0.3 is 19.1 Å². The zero-order valence-corrected chi connectivity index (χ0v) is 18.9. The normalized spacial score (nSPS) is 15.4. The number of hydrazone groups is 1. The molecule has 0 saturated heterocycles. The molecule has 0 radical (unpaired) electrons. The Hall–Kier alpha value is -4.33. The number of nitrogens with zero attached hydrogens (tertiary/aromatic N) is 3. The number of carbonyl (C=O) groups is 2. The number of furan rings is 2. The van der Waals surface area contributed by atoms with Crippen LogP contribution in [0.25, 0.3) is 11.0 Å². The molecule has 8 heteroatoms. The second kappa shape index (κ2) is 8.90. The van der Waals surface area contributed by atoms with Gasteiger partial charge in [-0.05, 0) is 48.5 Å². The first-order valence-corrected chi connectivity index (χ1v) is 11.0. The van der Waals surface area contributed by atoms with E-state index in [1.807, 2.05) is 36.4 Å². The molecule has 8 nitrogen and oxygen atoms in total. The molecule has 3 heterocycles. The predicted molar refractivity (Wildman–Crippen MR) is 129 cm³/mol. The van der Waals surface area contributed by atoms with Crippen LogP contribution in [0.15, 0.2) is 86.9 Å². The largest absolute Gasteiger partial charge is 0.467 e. The lowest BCUT2D eigenvalue weighted by atomic mass is 10.1. The molecule has 1 aliphatic heterocycles. The van der Waals surface area contributed by atoms with E-state index >= 15 is 0 Å². The van der Waals surface area contributed by atoms with Gasteiger partial charge in [0.15, 0.2) is 5.76 Å². The summed E-state index contributed by atoms with van der Waals surface area (Å²) in [7, 11) is 3.41. The van der Waals surface area contributed by atoms with E-state index < -0.39 is 0 Å². The molecule has 0 fully saturated rings. The molecule has 0 unspecified atom stereocenters. The van der Waals surface area contributed by atoms with Crippen molar-refractivity contribution in [1.29, 1.82) is 0 Å². The summed E-state index contributed by atoms with van der Waals surface area (Å²) in [5, 5.41) is 10.2. The van der Waals surface area contributed by atoms with Gasteiger partial charge in [-0.2, -0.15) is 5.10 Å². The first kappa shape index (κ1) is 21.5. The van der Waals surface area contributed by atoms with Crippen LogP contribution < -0.4 is 5.32 Å². The predicted octanol–water partition coefficient (Wildman–Crippen LogP) is 4.52. The fraction of sp³-hybridized carbons (Fsp3) is 0.192. The molecule has 5 rings (SSSR count). The monoisotopic (exact) mass is 456 g/mol. The highest BCUT2D eigenvalue weighted by Gasteiger charge is 2.35. The average molecular weight is 457 g/mol. The number of benzene rings is 2. The minimum Gasteiger partial charge on any atom is -0.467 e. The Labute approximate surface area is 196 Å². The van der Waals surface area contributed by atoms with Crippen LogP contribution in [0.1, 0.15) is 34.3 Å². The molecule has 1 N–H and O–H groups in total. The van der Waals surface area contributed by atoms with Crippen LogP contribution in [-0.2, 0) is 4.79 Å². The van der Waals surface area contributed by atoms with Crippen molar-refractivity contribution in [3.05, 3.63) is 90.1 Å². The number of rotatable bonds is 6. The van der Waals surface area contributed by atoms with Crippen molar-refractivity contribution < 1.29 is 18.4 Å². The lowest BCUT2D eigenvalue weighted by Crippen LogP contribution is -2.32. The molecule has 0 spiro atoms. The lowest BCUT2D eigenvalue weighted by Gasteiger charge is -2.20. The molecule has 172 valence electrons. The highest BCUT2D eigenvalue weighted by Crippen LogP contribution is 2.34. The Morgan fingerprint density at radius 2 is 1.88 bits per heavy atom. The van der Waals surface area contributed by atoms with Gasteiger partial charge in [-0.3, -0.25) is 9.59 Å².